The lowest BCUT2D eigenvalue weighted by atomic mass is 9.65. The first-order valence-electron chi connectivity index (χ1n) is 7.26. The Labute approximate surface area is 99.6 Å². The molecule has 0 amide bonds. The van der Waals surface area contributed by atoms with Gasteiger partial charge < -0.3 is 10.6 Å². The second-order valence-corrected chi connectivity index (χ2v) is 6.41. The first kappa shape index (κ1) is 11.0. The number of hydrogen-bond acceptors (Lipinski definition) is 2. The quantitative estimate of drug-likeness (QED) is 0.657. The van der Waals surface area contributed by atoms with E-state index in [9.17, 15) is 0 Å². The molecule has 0 aromatic heterocycles. The molecule has 2 N–H and O–H groups in total. The van der Waals surface area contributed by atoms with E-state index < -0.39 is 0 Å². The largest absolute Gasteiger partial charge is 0.311 e. The fourth-order valence-electron chi connectivity index (χ4n) is 4.41. The molecule has 3 rings (SSSR count). The highest BCUT2D eigenvalue weighted by atomic mass is 15.0. The number of nitrogens with one attached hydrogen (secondary N) is 2. The molecule has 3 aliphatic rings. The lowest BCUT2D eigenvalue weighted by molar-refractivity contribution is 0.0565. The van der Waals surface area contributed by atoms with E-state index in [0.717, 1.165) is 36.0 Å². The molecule has 2 nitrogen and oxygen atoms in total. The van der Waals surface area contributed by atoms with Crippen LogP contribution in [0.2, 0.25) is 0 Å². The van der Waals surface area contributed by atoms with Crippen LogP contribution in [0.1, 0.15) is 52.4 Å². The van der Waals surface area contributed by atoms with Gasteiger partial charge in [-0.3, -0.25) is 0 Å². The van der Waals surface area contributed by atoms with Crippen molar-refractivity contribution in [1.82, 2.24) is 10.6 Å². The van der Waals surface area contributed by atoms with Crippen LogP contribution in [0.3, 0.4) is 0 Å². The average Bonchev–Trinajstić information content (AvgIpc) is 2.28. The van der Waals surface area contributed by atoms with Crippen molar-refractivity contribution in [3.63, 3.8) is 0 Å². The van der Waals surface area contributed by atoms with E-state index in [2.05, 4.69) is 24.5 Å². The molecule has 0 aromatic rings. The molecule has 0 aromatic carbocycles. The van der Waals surface area contributed by atoms with Gasteiger partial charge in [-0.25, -0.2) is 0 Å². The molecule has 0 spiro atoms. The normalized spacial score (nSPS) is 52.9. The van der Waals surface area contributed by atoms with Crippen LogP contribution in [0.15, 0.2) is 0 Å². The Balaban J connectivity index is 1.71. The molecule has 3 fully saturated rings. The Hall–Kier alpha value is -0.0800. The molecule has 6 unspecified atom stereocenters. The highest BCUT2D eigenvalue weighted by Gasteiger charge is 2.43. The summed E-state index contributed by atoms with van der Waals surface area (Å²) in [6.07, 6.45) is 8.51. The molecule has 0 radical (unpaired) electrons. The number of hydrogen-bond donors (Lipinski definition) is 2. The fraction of sp³-hybridized carbons (Fsp3) is 1.00. The van der Waals surface area contributed by atoms with Crippen molar-refractivity contribution in [2.75, 3.05) is 0 Å². The van der Waals surface area contributed by atoms with Gasteiger partial charge in [0.1, 0.15) is 0 Å². The molecule has 1 aliphatic carbocycles. The first-order chi connectivity index (χ1) is 7.74. The number of fused-ring (bicyclic) bond motifs is 3. The molecule has 2 heteroatoms. The molecule has 92 valence electrons. The Morgan fingerprint density at radius 2 is 1.06 bits per heavy atom. The zero-order valence-electron chi connectivity index (χ0n) is 10.7. The topological polar surface area (TPSA) is 24.1 Å². The van der Waals surface area contributed by atoms with Crippen molar-refractivity contribution in [3.8, 4) is 0 Å². The van der Waals surface area contributed by atoms with E-state index in [1.807, 2.05) is 0 Å². The molecular formula is C14H26N2. The molecule has 2 heterocycles. The van der Waals surface area contributed by atoms with Crippen molar-refractivity contribution in [2.45, 2.75) is 76.5 Å². The molecular weight excluding hydrogens is 196 g/mol. The van der Waals surface area contributed by atoms with Crippen LogP contribution in [0.4, 0.5) is 0 Å². The average molecular weight is 222 g/mol. The monoisotopic (exact) mass is 222 g/mol. The highest BCUT2D eigenvalue weighted by molar-refractivity contribution is 5.00. The maximum atomic E-state index is 3.83. The maximum absolute atomic E-state index is 3.83. The van der Waals surface area contributed by atoms with Crippen molar-refractivity contribution in [1.29, 1.82) is 0 Å². The molecule has 6 atom stereocenters. The van der Waals surface area contributed by atoms with Crippen LogP contribution in [0.25, 0.3) is 0 Å². The molecule has 1 saturated carbocycles. The van der Waals surface area contributed by atoms with Gasteiger partial charge in [0.25, 0.3) is 0 Å². The summed E-state index contributed by atoms with van der Waals surface area (Å²) in [5.41, 5.74) is 0. The molecule has 16 heavy (non-hydrogen) atoms. The van der Waals surface area contributed by atoms with E-state index in [0.29, 0.717) is 0 Å². The summed E-state index contributed by atoms with van der Waals surface area (Å²) in [6, 6.07) is 3.18. The summed E-state index contributed by atoms with van der Waals surface area (Å²) in [6.45, 7) is 4.70. The molecule has 2 saturated heterocycles. The summed E-state index contributed by atoms with van der Waals surface area (Å²) >= 11 is 0. The summed E-state index contributed by atoms with van der Waals surface area (Å²) in [5, 5.41) is 7.67. The van der Waals surface area contributed by atoms with Crippen molar-refractivity contribution in [2.24, 2.45) is 11.8 Å². The lowest BCUT2D eigenvalue weighted by Gasteiger charge is -2.51. The fourth-order valence-corrected chi connectivity index (χ4v) is 4.41. The van der Waals surface area contributed by atoms with Gasteiger partial charge in [0.15, 0.2) is 0 Å². The third kappa shape index (κ3) is 1.91. The van der Waals surface area contributed by atoms with E-state index in [1.54, 1.807) is 0 Å². The van der Waals surface area contributed by atoms with Gasteiger partial charge in [-0.05, 0) is 64.2 Å². The Morgan fingerprint density at radius 1 is 0.625 bits per heavy atom. The van der Waals surface area contributed by atoms with Gasteiger partial charge in [0.2, 0.25) is 0 Å². The minimum atomic E-state index is 0.758. The first-order valence-corrected chi connectivity index (χ1v) is 7.26. The predicted octanol–water partition coefficient (Wildman–Crippen LogP) is 2.29. The van der Waals surface area contributed by atoms with Crippen LogP contribution in [0, 0.1) is 11.8 Å². The third-order valence-electron chi connectivity index (χ3n) is 5.24. The van der Waals surface area contributed by atoms with Crippen LogP contribution in [-0.4, -0.2) is 24.2 Å². The smallest absolute Gasteiger partial charge is 0.0102 e. The summed E-state index contributed by atoms with van der Waals surface area (Å²) in [5.74, 6) is 1.94. The van der Waals surface area contributed by atoms with Gasteiger partial charge in [0, 0.05) is 24.2 Å². The predicted molar refractivity (Wildman–Crippen MR) is 67.5 cm³/mol. The minimum Gasteiger partial charge on any atom is -0.311 e. The summed E-state index contributed by atoms with van der Waals surface area (Å²) < 4.78 is 0. The van der Waals surface area contributed by atoms with Crippen molar-refractivity contribution < 1.29 is 0 Å². The van der Waals surface area contributed by atoms with Gasteiger partial charge >= 0.3 is 0 Å². The minimum absolute atomic E-state index is 0.758. The van der Waals surface area contributed by atoms with E-state index in [4.69, 9.17) is 0 Å². The standard InChI is InChI=1S/C14H26N2/c1-9-3-5-11-12-6-4-10(2)16-14(12)8-7-13(11)15-9/h9-16H,3-8H2,1-2H3. The van der Waals surface area contributed by atoms with Gasteiger partial charge in [-0.1, -0.05) is 0 Å². The second kappa shape index (κ2) is 4.30. The summed E-state index contributed by atoms with van der Waals surface area (Å²) in [4.78, 5) is 0. The Morgan fingerprint density at radius 3 is 1.50 bits per heavy atom. The molecule has 0 bridgehead atoms. The van der Waals surface area contributed by atoms with E-state index in [-0.39, 0.29) is 0 Å². The second-order valence-electron chi connectivity index (χ2n) is 6.41. The van der Waals surface area contributed by atoms with Crippen LogP contribution >= 0.6 is 0 Å². The zero-order valence-corrected chi connectivity index (χ0v) is 10.7. The maximum Gasteiger partial charge on any atom is 0.0102 e. The van der Waals surface area contributed by atoms with Crippen LogP contribution in [-0.2, 0) is 0 Å². The van der Waals surface area contributed by atoms with Crippen LogP contribution < -0.4 is 10.6 Å². The van der Waals surface area contributed by atoms with E-state index in [1.165, 1.54) is 38.5 Å². The van der Waals surface area contributed by atoms with Gasteiger partial charge in [-0.2, -0.15) is 0 Å². The van der Waals surface area contributed by atoms with Crippen molar-refractivity contribution >= 4 is 0 Å². The van der Waals surface area contributed by atoms with Crippen LogP contribution in [0.5, 0.6) is 0 Å². The number of rotatable bonds is 0. The highest BCUT2D eigenvalue weighted by Crippen LogP contribution is 2.41. The van der Waals surface area contributed by atoms with E-state index >= 15 is 0 Å². The zero-order chi connectivity index (χ0) is 11.1. The van der Waals surface area contributed by atoms with Gasteiger partial charge in [0.05, 0.1) is 0 Å². The van der Waals surface area contributed by atoms with Crippen molar-refractivity contribution in [3.05, 3.63) is 0 Å². The SMILES string of the molecule is CC1CCC2C(CCC3NC(C)CCC32)N1. The molecule has 2 aliphatic heterocycles. The third-order valence-corrected chi connectivity index (χ3v) is 5.24. The lowest BCUT2D eigenvalue weighted by Crippen LogP contribution is -2.59. The number of piperidine rings is 2. The summed E-state index contributed by atoms with van der Waals surface area (Å²) in [7, 11) is 0. The Bertz CT molecular complexity index is 227. The van der Waals surface area contributed by atoms with Gasteiger partial charge in [-0.15, -0.1) is 0 Å². The Kier molecular flexibility index (Phi) is 2.97.